The van der Waals surface area contributed by atoms with E-state index in [9.17, 15) is 14.0 Å². The van der Waals surface area contributed by atoms with Crippen LogP contribution in [0.3, 0.4) is 0 Å². The van der Waals surface area contributed by atoms with E-state index in [1.807, 2.05) is 0 Å². The van der Waals surface area contributed by atoms with Crippen molar-refractivity contribution in [3.63, 3.8) is 0 Å². The molecule has 156 valence electrons. The van der Waals surface area contributed by atoms with Gasteiger partial charge in [0, 0.05) is 28.1 Å². The van der Waals surface area contributed by atoms with Crippen molar-refractivity contribution in [1.29, 1.82) is 0 Å². The van der Waals surface area contributed by atoms with E-state index >= 15 is 0 Å². The van der Waals surface area contributed by atoms with Gasteiger partial charge >= 0.3 is 5.97 Å². The maximum Gasteiger partial charge on any atom is 0.309 e. The van der Waals surface area contributed by atoms with Crippen LogP contribution in [0, 0.1) is 11.8 Å². The average molecular weight is 416 g/mol. The first kappa shape index (κ1) is 22.6. The highest BCUT2D eigenvalue weighted by Gasteiger charge is 2.43. The standard InChI is InChI=1S/C20H38FNO3Si2/c1-26(2,3)15-9-13(10-16(12-15)27(4,5)6)19(23)22-14-7-8-17(20(24)25)18(21)11-14/h13-18H,7-12H2,1-6H3,(H,22,23)(H,24,25). The van der Waals surface area contributed by atoms with Gasteiger partial charge in [-0.25, -0.2) is 4.39 Å². The average Bonchev–Trinajstić information content (AvgIpc) is 2.52. The lowest BCUT2D eigenvalue weighted by atomic mass is 9.83. The molecule has 0 aromatic carbocycles. The second kappa shape index (κ2) is 8.35. The Morgan fingerprint density at radius 2 is 1.41 bits per heavy atom. The van der Waals surface area contributed by atoms with Crippen LogP contribution in [-0.2, 0) is 9.59 Å². The maximum atomic E-state index is 14.2. The number of hydrogen-bond acceptors (Lipinski definition) is 2. The molecule has 2 rings (SSSR count). The quantitative estimate of drug-likeness (QED) is 0.627. The van der Waals surface area contributed by atoms with Gasteiger partial charge in [0.15, 0.2) is 0 Å². The molecule has 0 heterocycles. The molecule has 1 amide bonds. The third kappa shape index (κ3) is 5.89. The summed E-state index contributed by atoms with van der Waals surface area (Å²) < 4.78 is 14.2. The van der Waals surface area contributed by atoms with Gasteiger partial charge in [0.05, 0.1) is 5.92 Å². The Morgan fingerprint density at radius 1 is 0.889 bits per heavy atom. The van der Waals surface area contributed by atoms with Gasteiger partial charge in [-0.3, -0.25) is 9.59 Å². The van der Waals surface area contributed by atoms with Crippen molar-refractivity contribution in [2.24, 2.45) is 11.8 Å². The number of carboxylic acid groups (broad SMARTS) is 1. The summed E-state index contributed by atoms with van der Waals surface area (Å²) in [6, 6.07) is -0.222. The third-order valence-corrected chi connectivity index (χ3v) is 12.8. The molecule has 0 radical (unpaired) electrons. The Bertz CT molecular complexity index is 536. The second-order valence-electron chi connectivity index (χ2n) is 11.0. The summed E-state index contributed by atoms with van der Waals surface area (Å²) in [4.78, 5) is 24.1. The van der Waals surface area contributed by atoms with Crippen LogP contribution in [0.4, 0.5) is 4.39 Å². The van der Waals surface area contributed by atoms with E-state index in [1.165, 1.54) is 6.42 Å². The van der Waals surface area contributed by atoms with Crippen molar-refractivity contribution < 1.29 is 19.1 Å². The number of carbonyl (C=O) groups is 2. The number of alkyl halides is 1. The summed E-state index contributed by atoms with van der Waals surface area (Å²) >= 11 is 0. The van der Waals surface area contributed by atoms with Gasteiger partial charge in [-0.2, -0.15) is 0 Å². The van der Waals surface area contributed by atoms with E-state index in [-0.39, 0.29) is 24.3 Å². The largest absolute Gasteiger partial charge is 0.481 e. The van der Waals surface area contributed by atoms with E-state index in [4.69, 9.17) is 5.11 Å². The van der Waals surface area contributed by atoms with Crippen molar-refractivity contribution in [3.8, 4) is 0 Å². The zero-order chi connectivity index (χ0) is 20.6. The van der Waals surface area contributed by atoms with Crippen molar-refractivity contribution in [2.45, 2.75) is 101 Å². The van der Waals surface area contributed by atoms with Crippen LogP contribution in [0.5, 0.6) is 0 Å². The van der Waals surface area contributed by atoms with Gasteiger partial charge in [0.2, 0.25) is 5.91 Å². The predicted molar refractivity (Wildman–Crippen MR) is 113 cm³/mol. The number of rotatable bonds is 5. The second-order valence-corrected chi connectivity index (χ2v) is 22.1. The van der Waals surface area contributed by atoms with Crippen LogP contribution in [0.1, 0.15) is 38.5 Å². The minimum absolute atomic E-state index is 0.0301. The van der Waals surface area contributed by atoms with Gasteiger partial charge in [-0.1, -0.05) is 45.7 Å². The van der Waals surface area contributed by atoms with Crippen molar-refractivity contribution >= 4 is 28.0 Å². The molecule has 2 saturated carbocycles. The first-order valence-corrected chi connectivity index (χ1v) is 17.6. The van der Waals surface area contributed by atoms with Crippen molar-refractivity contribution in [3.05, 3.63) is 0 Å². The van der Waals surface area contributed by atoms with E-state index in [1.54, 1.807) is 0 Å². The number of halogens is 1. The maximum absolute atomic E-state index is 14.2. The van der Waals surface area contributed by atoms with Crippen LogP contribution < -0.4 is 5.32 Å². The Morgan fingerprint density at radius 3 is 1.81 bits per heavy atom. The number of nitrogens with one attached hydrogen (secondary N) is 1. The van der Waals surface area contributed by atoms with Crippen molar-refractivity contribution in [1.82, 2.24) is 5.32 Å². The first-order valence-electron chi connectivity index (χ1n) is 10.5. The van der Waals surface area contributed by atoms with E-state index in [0.717, 1.165) is 12.8 Å². The van der Waals surface area contributed by atoms with E-state index in [0.29, 0.717) is 23.9 Å². The molecule has 27 heavy (non-hydrogen) atoms. The lowest BCUT2D eigenvalue weighted by molar-refractivity contribution is -0.145. The first-order chi connectivity index (χ1) is 12.3. The summed E-state index contributed by atoms with van der Waals surface area (Å²) in [6.07, 6.45) is 2.83. The van der Waals surface area contributed by atoms with Gasteiger partial charge in [0.1, 0.15) is 6.17 Å². The highest BCUT2D eigenvalue weighted by atomic mass is 28.3. The molecule has 7 heteroatoms. The van der Waals surface area contributed by atoms with Gasteiger partial charge in [0.25, 0.3) is 0 Å². The van der Waals surface area contributed by atoms with E-state index in [2.05, 4.69) is 44.6 Å². The fraction of sp³-hybridized carbons (Fsp3) is 0.900. The molecule has 0 bridgehead atoms. The molecule has 0 aromatic rings. The van der Waals surface area contributed by atoms with Crippen LogP contribution in [0.15, 0.2) is 0 Å². The number of carbonyl (C=O) groups excluding carboxylic acids is 1. The van der Waals surface area contributed by atoms with Gasteiger partial charge < -0.3 is 10.4 Å². The summed E-state index contributed by atoms with van der Waals surface area (Å²) in [5.74, 6) is -1.87. The molecule has 0 spiro atoms. The summed E-state index contributed by atoms with van der Waals surface area (Å²) in [6.45, 7) is 14.4. The normalized spacial score (nSPS) is 35.5. The molecule has 4 nitrogen and oxygen atoms in total. The van der Waals surface area contributed by atoms with Crippen LogP contribution in [0.2, 0.25) is 50.4 Å². The lowest BCUT2D eigenvalue weighted by Crippen LogP contribution is -2.48. The summed E-state index contributed by atoms with van der Waals surface area (Å²) in [5, 5.41) is 12.2. The predicted octanol–water partition coefficient (Wildman–Crippen LogP) is 4.91. The molecule has 2 N–H and O–H groups in total. The molecule has 2 aliphatic carbocycles. The van der Waals surface area contributed by atoms with Gasteiger partial charge in [-0.15, -0.1) is 0 Å². The molecule has 5 atom stereocenters. The van der Waals surface area contributed by atoms with Crippen LogP contribution >= 0.6 is 0 Å². The summed E-state index contributed by atoms with van der Waals surface area (Å²) in [5.41, 5.74) is 1.32. The Balaban J connectivity index is 2.02. The molecule has 2 aliphatic rings. The highest BCUT2D eigenvalue weighted by Crippen LogP contribution is 2.49. The smallest absolute Gasteiger partial charge is 0.309 e. The van der Waals surface area contributed by atoms with Crippen molar-refractivity contribution in [2.75, 3.05) is 0 Å². The number of carboxylic acids is 1. The Kier molecular flexibility index (Phi) is 6.99. The molecular weight excluding hydrogens is 377 g/mol. The fourth-order valence-corrected chi connectivity index (χ4v) is 8.99. The highest BCUT2D eigenvalue weighted by molar-refractivity contribution is 6.79. The third-order valence-electron chi connectivity index (χ3n) is 6.96. The summed E-state index contributed by atoms with van der Waals surface area (Å²) in [7, 11) is -2.67. The Hall–Kier alpha value is -0.696. The SMILES string of the molecule is C[Si](C)(C)C1CC(C(=O)NC2CCC(C(=O)O)C(F)C2)CC([Si](C)(C)C)C1. The minimum atomic E-state index is -1.36. The van der Waals surface area contributed by atoms with E-state index < -0.39 is 34.2 Å². The van der Waals surface area contributed by atoms with Crippen LogP contribution in [-0.4, -0.2) is 45.3 Å². The number of amides is 1. The zero-order valence-electron chi connectivity index (χ0n) is 17.8. The Labute approximate surface area is 165 Å². The fourth-order valence-electron chi connectivity index (χ4n) is 4.79. The zero-order valence-corrected chi connectivity index (χ0v) is 19.8. The van der Waals surface area contributed by atoms with Gasteiger partial charge in [-0.05, 0) is 43.2 Å². The number of aliphatic carboxylic acids is 1. The number of hydrogen-bond donors (Lipinski definition) is 2. The minimum Gasteiger partial charge on any atom is -0.481 e. The molecular formula is C20H38FNO3Si2. The van der Waals surface area contributed by atoms with Crippen LogP contribution in [0.25, 0.3) is 0 Å². The molecule has 2 fully saturated rings. The molecule has 0 saturated heterocycles. The molecule has 0 aliphatic heterocycles. The monoisotopic (exact) mass is 415 g/mol. The topological polar surface area (TPSA) is 66.4 Å². The molecule has 5 unspecified atom stereocenters. The lowest BCUT2D eigenvalue weighted by Gasteiger charge is -2.44. The molecule has 0 aromatic heterocycles.